The predicted octanol–water partition coefficient (Wildman–Crippen LogP) is 3.29. The summed E-state index contributed by atoms with van der Waals surface area (Å²) in [5, 5.41) is 10.2. The SMILES string of the molecule is CC(C)c1ccc([C@@H](O)c2cccnc2)cc1. The van der Waals surface area contributed by atoms with Crippen LogP contribution in [0.4, 0.5) is 0 Å². The zero-order valence-corrected chi connectivity index (χ0v) is 10.2. The van der Waals surface area contributed by atoms with Gasteiger partial charge < -0.3 is 5.11 Å². The molecule has 0 unspecified atom stereocenters. The van der Waals surface area contributed by atoms with Crippen LogP contribution in [0, 0.1) is 0 Å². The molecular formula is C15H17NO. The van der Waals surface area contributed by atoms with Crippen molar-refractivity contribution in [2.75, 3.05) is 0 Å². The van der Waals surface area contributed by atoms with E-state index in [0.717, 1.165) is 11.1 Å². The summed E-state index contributed by atoms with van der Waals surface area (Å²) in [7, 11) is 0. The van der Waals surface area contributed by atoms with Gasteiger partial charge in [0, 0.05) is 18.0 Å². The molecule has 2 rings (SSSR count). The van der Waals surface area contributed by atoms with Crippen LogP contribution in [0.3, 0.4) is 0 Å². The normalized spacial score (nSPS) is 12.7. The Bertz CT molecular complexity index is 462. The summed E-state index contributed by atoms with van der Waals surface area (Å²) < 4.78 is 0. The van der Waals surface area contributed by atoms with Crippen molar-refractivity contribution in [3.8, 4) is 0 Å². The quantitative estimate of drug-likeness (QED) is 0.872. The number of nitrogens with zero attached hydrogens (tertiary/aromatic N) is 1. The van der Waals surface area contributed by atoms with Crippen LogP contribution >= 0.6 is 0 Å². The second-order valence-electron chi connectivity index (χ2n) is 4.51. The summed E-state index contributed by atoms with van der Waals surface area (Å²) in [6.07, 6.45) is 2.81. The van der Waals surface area contributed by atoms with E-state index in [0.29, 0.717) is 5.92 Å². The van der Waals surface area contributed by atoms with Crippen LogP contribution in [0.5, 0.6) is 0 Å². The van der Waals surface area contributed by atoms with Crippen LogP contribution < -0.4 is 0 Å². The van der Waals surface area contributed by atoms with Crippen molar-refractivity contribution < 1.29 is 5.11 Å². The van der Waals surface area contributed by atoms with E-state index in [4.69, 9.17) is 0 Å². The van der Waals surface area contributed by atoms with E-state index in [1.165, 1.54) is 5.56 Å². The molecule has 1 aromatic heterocycles. The molecule has 0 amide bonds. The molecule has 88 valence electrons. The van der Waals surface area contributed by atoms with Crippen LogP contribution in [0.2, 0.25) is 0 Å². The zero-order chi connectivity index (χ0) is 12.3. The molecular weight excluding hydrogens is 210 g/mol. The average Bonchev–Trinajstić information content (AvgIpc) is 2.39. The lowest BCUT2D eigenvalue weighted by molar-refractivity contribution is 0.220. The molecule has 0 fully saturated rings. The number of aromatic nitrogens is 1. The monoisotopic (exact) mass is 227 g/mol. The first kappa shape index (κ1) is 11.8. The molecule has 2 aromatic rings. The van der Waals surface area contributed by atoms with E-state index in [1.807, 2.05) is 24.3 Å². The molecule has 0 saturated carbocycles. The van der Waals surface area contributed by atoms with Gasteiger partial charge in [0.05, 0.1) is 0 Å². The highest BCUT2D eigenvalue weighted by Gasteiger charge is 2.10. The lowest BCUT2D eigenvalue weighted by atomic mass is 9.98. The summed E-state index contributed by atoms with van der Waals surface area (Å²) in [4.78, 5) is 4.02. The first-order valence-corrected chi connectivity index (χ1v) is 5.86. The van der Waals surface area contributed by atoms with Crippen molar-refractivity contribution >= 4 is 0 Å². The molecule has 0 aliphatic rings. The van der Waals surface area contributed by atoms with Crippen LogP contribution in [0.15, 0.2) is 48.8 Å². The number of aliphatic hydroxyl groups is 1. The van der Waals surface area contributed by atoms with Crippen molar-refractivity contribution in [3.63, 3.8) is 0 Å². The van der Waals surface area contributed by atoms with Gasteiger partial charge in [-0.15, -0.1) is 0 Å². The first-order chi connectivity index (χ1) is 8.18. The van der Waals surface area contributed by atoms with Gasteiger partial charge in [-0.1, -0.05) is 44.2 Å². The third kappa shape index (κ3) is 2.71. The Morgan fingerprint density at radius 1 is 0.941 bits per heavy atom. The van der Waals surface area contributed by atoms with Gasteiger partial charge in [0.2, 0.25) is 0 Å². The Balaban J connectivity index is 2.23. The fourth-order valence-corrected chi connectivity index (χ4v) is 1.79. The number of benzene rings is 1. The van der Waals surface area contributed by atoms with Crippen molar-refractivity contribution in [2.45, 2.75) is 25.9 Å². The van der Waals surface area contributed by atoms with Gasteiger partial charge in [-0.05, 0) is 23.1 Å². The largest absolute Gasteiger partial charge is 0.384 e. The fraction of sp³-hybridized carbons (Fsp3) is 0.267. The van der Waals surface area contributed by atoms with Crippen LogP contribution in [0.25, 0.3) is 0 Å². The highest BCUT2D eigenvalue weighted by atomic mass is 16.3. The summed E-state index contributed by atoms with van der Waals surface area (Å²) in [6, 6.07) is 11.8. The second kappa shape index (κ2) is 5.11. The standard InChI is InChI=1S/C15H17NO/c1-11(2)12-5-7-13(8-6-12)15(17)14-4-3-9-16-10-14/h3-11,15,17H,1-2H3/t15-/m1/s1. The van der Waals surface area contributed by atoms with E-state index < -0.39 is 6.10 Å². The molecule has 1 aromatic carbocycles. The third-order valence-electron chi connectivity index (χ3n) is 2.92. The number of pyridine rings is 1. The zero-order valence-electron chi connectivity index (χ0n) is 10.2. The van der Waals surface area contributed by atoms with Crippen molar-refractivity contribution in [2.24, 2.45) is 0 Å². The van der Waals surface area contributed by atoms with E-state index in [1.54, 1.807) is 12.4 Å². The second-order valence-corrected chi connectivity index (χ2v) is 4.51. The molecule has 0 radical (unpaired) electrons. The van der Waals surface area contributed by atoms with Crippen molar-refractivity contribution in [1.29, 1.82) is 0 Å². The van der Waals surface area contributed by atoms with Gasteiger partial charge in [-0.2, -0.15) is 0 Å². The van der Waals surface area contributed by atoms with Gasteiger partial charge in [0.1, 0.15) is 6.10 Å². The van der Waals surface area contributed by atoms with Crippen LogP contribution in [0.1, 0.15) is 42.6 Å². The van der Waals surface area contributed by atoms with Crippen LogP contribution in [-0.4, -0.2) is 10.1 Å². The van der Waals surface area contributed by atoms with Crippen molar-refractivity contribution in [3.05, 3.63) is 65.5 Å². The van der Waals surface area contributed by atoms with Gasteiger partial charge in [-0.25, -0.2) is 0 Å². The van der Waals surface area contributed by atoms with E-state index in [2.05, 4.69) is 31.0 Å². The highest BCUT2D eigenvalue weighted by Crippen LogP contribution is 2.23. The molecule has 17 heavy (non-hydrogen) atoms. The smallest absolute Gasteiger partial charge is 0.106 e. The maximum Gasteiger partial charge on any atom is 0.106 e. The summed E-state index contributed by atoms with van der Waals surface area (Å²) in [5.74, 6) is 0.514. The van der Waals surface area contributed by atoms with Gasteiger partial charge in [0.25, 0.3) is 0 Å². The summed E-state index contributed by atoms with van der Waals surface area (Å²) in [5.41, 5.74) is 3.01. The minimum atomic E-state index is -0.593. The lowest BCUT2D eigenvalue weighted by Crippen LogP contribution is -2.00. The molecule has 0 spiro atoms. The number of hydrogen-bond acceptors (Lipinski definition) is 2. The molecule has 1 atom stereocenters. The number of rotatable bonds is 3. The van der Waals surface area contributed by atoms with Gasteiger partial charge in [0.15, 0.2) is 0 Å². The minimum Gasteiger partial charge on any atom is -0.384 e. The molecule has 0 saturated heterocycles. The van der Waals surface area contributed by atoms with Crippen molar-refractivity contribution in [1.82, 2.24) is 4.98 Å². The molecule has 2 heteroatoms. The first-order valence-electron chi connectivity index (χ1n) is 5.86. The van der Waals surface area contributed by atoms with E-state index in [-0.39, 0.29) is 0 Å². The molecule has 1 N–H and O–H groups in total. The topological polar surface area (TPSA) is 33.1 Å². The Kier molecular flexibility index (Phi) is 3.55. The Labute approximate surface area is 102 Å². The maximum atomic E-state index is 10.2. The maximum absolute atomic E-state index is 10.2. The average molecular weight is 227 g/mol. The highest BCUT2D eigenvalue weighted by molar-refractivity contribution is 5.31. The molecule has 0 aliphatic carbocycles. The van der Waals surface area contributed by atoms with E-state index >= 15 is 0 Å². The number of hydrogen-bond donors (Lipinski definition) is 1. The fourth-order valence-electron chi connectivity index (χ4n) is 1.79. The van der Waals surface area contributed by atoms with Gasteiger partial charge >= 0.3 is 0 Å². The molecule has 0 aliphatic heterocycles. The Morgan fingerprint density at radius 3 is 2.12 bits per heavy atom. The van der Waals surface area contributed by atoms with Gasteiger partial charge in [-0.3, -0.25) is 4.98 Å². The minimum absolute atomic E-state index is 0.514. The predicted molar refractivity (Wildman–Crippen MR) is 68.8 cm³/mol. The summed E-state index contributed by atoms with van der Waals surface area (Å²) >= 11 is 0. The van der Waals surface area contributed by atoms with E-state index in [9.17, 15) is 5.11 Å². The molecule has 1 heterocycles. The lowest BCUT2D eigenvalue weighted by Gasteiger charge is -2.12. The Hall–Kier alpha value is -1.67. The van der Waals surface area contributed by atoms with Crippen LogP contribution in [-0.2, 0) is 0 Å². The Morgan fingerprint density at radius 2 is 1.59 bits per heavy atom. The summed E-state index contributed by atoms with van der Waals surface area (Å²) in [6.45, 7) is 4.32. The molecule has 2 nitrogen and oxygen atoms in total. The number of aliphatic hydroxyl groups excluding tert-OH is 1. The third-order valence-corrected chi connectivity index (χ3v) is 2.92. The molecule has 0 bridgehead atoms.